The molecule has 0 radical (unpaired) electrons. The van der Waals surface area contributed by atoms with Crippen LogP contribution in [0.5, 0.6) is 0 Å². The average molecular weight is 412 g/mol. The van der Waals surface area contributed by atoms with E-state index >= 15 is 0 Å². The van der Waals surface area contributed by atoms with Crippen molar-refractivity contribution in [3.63, 3.8) is 0 Å². The Balaban J connectivity index is 1.95. The molecule has 110 valence electrons. The molecule has 0 aliphatic carbocycles. The van der Waals surface area contributed by atoms with Gasteiger partial charge in [0, 0.05) is 10.7 Å². The number of aromatic nitrogens is 1. The summed E-state index contributed by atoms with van der Waals surface area (Å²) >= 11 is 16.0. The number of hydrogen-bond acceptors (Lipinski definition) is 4. The van der Waals surface area contributed by atoms with Gasteiger partial charge < -0.3 is 0 Å². The SMILES string of the molecule is O=C1/C(=C/c2ccccn2)SC(=S)N1c1ccc(Br)c(Cl)c1. The Bertz CT molecular complexity index is 795. The van der Waals surface area contributed by atoms with Crippen molar-refractivity contribution in [1.29, 1.82) is 0 Å². The molecule has 1 amide bonds. The van der Waals surface area contributed by atoms with Crippen LogP contribution in [-0.4, -0.2) is 15.2 Å². The molecule has 0 spiro atoms. The zero-order valence-electron chi connectivity index (χ0n) is 11.0. The second-order valence-electron chi connectivity index (χ2n) is 4.37. The van der Waals surface area contributed by atoms with Crippen molar-refractivity contribution >= 4 is 73.5 Å². The summed E-state index contributed by atoms with van der Waals surface area (Å²) in [4.78, 5) is 18.8. The highest BCUT2D eigenvalue weighted by Gasteiger charge is 2.33. The number of rotatable bonds is 2. The van der Waals surface area contributed by atoms with Gasteiger partial charge in [-0.15, -0.1) is 0 Å². The normalized spacial score (nSPS) is 16.6. The van der Waals surface area contributed by atoms with Crippen molar-refractivity contribution in [3.8, 4) is 0 Å². The van der Waals surface area contributed by atoms with Gasteiger partial charge in [-0.1, -0.05) is 41.6 Å². The number of nitrogens with zero attached hydrogens (tertiary/aromatic N) is 2. The third-order valence-corrected chi connectivity index (χ3v) is 5.46. The fraction of sp³-hybridized carbons (Fsp3) is 0. The van der Waals surface area contributed by atoms with Crippen LogP contribution in [0.15, 0.2) is 52.0 Å². The topological polar surface area (TPSA) is 33.2 Å². The third-order valence-electron chi connectivity index (χ3n) is 2.92. The highest BCUT2D eigenvalue weighted by atomic mass is 79.9. The molecule has 3 nitrogen and oxygen atoms in total. The van der Waals surface area contributed by atoms with Gasteiger partial charge in [-0.25, -0.2) is 0 Å². The van der Waals surface area contributed by atoms with Crippen molar-refractivity contribution in [2.45, 2.75) is 0 Å². The van der Waals surface area contributed by atoms with Crippen LogP contribution >= 0.6 is 51.5 Å². The van der Waals surface area contributed by atoms with Gasteiger partial charge in [0.15, 0.2) is 4.32 Å². The number of halogens is 2. The van der Waals surface area contributed by atoms with E-state index in [0.717, 1.165) is 10.2 Å². The average Bonchev–Trinajstić information content (AvgIpc) is 2.78. The molecule has 1 aromatic heterocycles. The van der Waals surface area contributed by atoms with Crippen LogP contribution < -0.4 is 4.90 Å². The molecule has 2 heterocycles. The number of thioether (sulfide) groups is 1. The number of amides is 1. The minimum Gasteiger partial charge on any atom is -0.268 e. The first-order chi connectivity index (χ1) is 10.6. The zero-order valence-corrected chi connectivity index (χ0v) is 15.0. The van der Waals surface area contributed by atoms with E-state index < -0.39 is 0 Å². The first kappa shape index (κ1) is 15.7. The lowest BCUT2D eigenvalue weighted by Crippen LogP contribution is -2.27. The summed E-state index contributed by atoms with van der Waals surface area (Å²) in [5.74, 6) is -0.168. The molecular weight excluding hydrogens is 404 g/mol. The second kappa shape index (κ2) is 6.50. The molecule has 1 aliphatic heterocycles. The predicted octanol–water partition coefficient (Wildman–Crippen LogP) is 4.90. The van der Waals surface area contributed by atoms with Gasteiger partial charge in [0.2, 0.25) is 0 Å². The maximum atomic E-state index is 12.6. The number of thiocarbonyl (C=S) groups is 1. The molecule has 0 bridgehead atoms. The van der Waals surface area contributed by atoms with E-state index in [4.69, 9.17) is 23.8 Å². The lowest BCUT2D eigenvalue weighted by Gasteiger charge is -2.15. The fourth-order valence-corrected chi connectivity index (χ4v) is 3.62. The molecular formula is C15H8BrClN2OS2. The first-order valence-electron chi connectivity index (χ1n) is 6.20. The van der Waals surface area contributed by atoms with Crippen LogP contribution in [0, 0.1) is 0 Å². The Morgan fingerprint density at radius 1 is 1.32 bits per heavy atom. The molecule has 22 heavy (non-hydrogen) atoms. The molecule has 7 heteroatoms. The molecule has 3 rings (SSSR count). The molecule has 0 N–H and O–H groups in total. The van der Waals surface area contributed by atoms with Gasteiger partial charge in [-0.05, 0) is 52.3 Å². The van der Waals surface area contributed by atoms with Crippen molar-refractivity contribution < 1.29 is 4.79 Å². The van der Waals surface area contributed by atoms with Crippen LogP contribution in [0.1, 0.15) is 5.69 Å². The van der Waals surface area contributed by atoms with Gasteiger partial charge in [-0.3, -0.25) is 14.7 Å². The highest BCUT2D eigenvalue weighted by Crippen LogP contribution is 2.37. The van der Waals surface area contributed by atoms with Gasteiger partial charge in [0.1, 0.15) is 0 Å². The van der Waals surface area contributed by atoms with E-state index in [1.54, 1.807) is 30.5 Å². The van der Waals surface area contributed by atoms with E-state index in [9.17, 15) is 4.79 Å². The number of benzene rings is 1. The Hall–Kier alpha value is -1.21. The second-order valence-corrected chi connectivity index (χ2v) is 7.31. The van der Waals surface area contributed by atoms with Crippen LogP contribution in [0.25, 0.3) is 6.08 Å². The number of carbonyl (C=O) groups is 1. The first-order valence-corrected chi connectivity index (χ1v) is 8.60. The fourth-order valence-electron chi connectivity index (χ4n) is 1.91. The predicted molar refractivity (Wildman–Crippen MR) is 99.0 cm³/mol. The number of pyridine rings is 1. The van der Waals surface area contributed by atoms with Crippen LogP contribution in [-0.2, 0) is 4.79 Å². The maximum Gasteiger partial charge on any atom is 0.270 e. The molecule has 2 aromatic rings. The van der Waals surface area contributed by atoms with E-state index in [-0.39, 0.29) is 5.91 Å². The molecule has 1 saturated heterocycles. The molecule has 0 unspecified atom stereocenters. The van der Waals surface area contributed by atoms with Crippen molar-refractivity contribution in [2.75, 3.05) is 4.90 Å². The van der Waals surface area contributed by atoms with Crippen LogP contribution in [0.2, 0.25) is 5.02 Å². The van der Waals surface area contributed by atoms with Crippen LogP contribution in [0.3, 0.4) is 0 Å². The van der Waals surface area contributed by atoms with Gasteiger partial charge >= 0.3 is 0 Å². The summed E-state index contributed by atoms with van der Waals surface area (Å²) in [6, 6.07) is 10.8. The zero-order chi connectivity index (χ0) is 15.7. The molecule has 1 fully saturated rings. The Kier molecular flexibility index (Phi) is 4.63. The van der Waals surface area contributed by atoms with Crippen LogP contribution in [0.4, 0.5) is 5.69 Å². The van der Waals surface area contributed by atoms with Crippen molar-refractivity contribution in [3.05, 3.63) is 62.7 Å². The monoisotopic (exact) mass is 410 g/mol. The van der Waals surface area contributed by atoms with Crippen molar-refractivity contribution in [2.24, 2.45) is 0 Å². The lowest BCUT2D eigenvalue weighted by molar-refractivity contribution is -0.113. The molecule has 1 aliphatic rings. The Labute approximate surface area is 150 Å². The summed E-state index contributed by atoms with van der Waals surface area (Å²) in [5, 5.41) is 0.528. The highest BCUT2D eigenvalue weighted by molar-refractivity contribution is 9.10. The van der Waals surface area contributed by atoms with E-state index in [1.807, 2.05) is 18.2 Å². The largest absolute Gasteiger partial charge is 0.270 e. The summed E-state index contributed by atoms with van der Waals surface area (Å²) in [6.07, 6.45) is 3.42. The van der Waals surface area contributed by atoms with Gasteiger partial charge in [-0.2, -0.15) is 0 Å². The lowest BCUT2D eigenvalue weighted by atomic mass is 10.2. The number of hydrogen-bond donors (Lipinski definition) is 0. The number of anilines is 1. The summed E-state index contributed by atoms with van der Waals surface area (Å²) in [6.45, 7) is 0. The van der Waals surface area contributed by atoms with Gasteiger partial charge in [0.05, 0.1) is 21.3 Å². The maximum absolute atomic E-state index is 12.6. The smallest absolute Gasteiger partial charge is 0.268 e. The van der Waals surface area contributed by atoms with Gasteiger partial charge in [0.25, 0.3) is 5.91 Å². The Morgan fingerprint density at radius 3 is 2.82 bits per heavy atom. The molecule has 0 saturated carbocycles. The standard InChI is InChI=1S/C15H8BrClN2OS2/c16-11-5-4-10(8-12(11)17)19-14(20)13(22-15(19)21)7-9-3-1-2-6-18-9/h1-8H/b13-7-. The third kappa shape index (κ3) is 3.10. The van der Waals surface area contributed by atoms with E-state index in [1.165, 1.54) is 16.7 Å². The van der Waals surface area contributed by atoms with E-state index in [2.05, 4.69) is 20.9 Å². The van der Waals surface area contributed by atoms with E-state index in [0.29, 0.717) is 19.9 Å². The minimum absolute atomic E-state index is 0.168. The minimum atomic E-state index is -0.168. The summed E-state index contributed by atoms with van der Waals surface area (Å²) in [5.41, 5.74) is 1.37. The molecule has 1 aromatic carbocycles. The quantitative estimate of drug-likeness (QED) is 0.520. The number of carbonyl (C=O) groups excluding carboxylic acids is 1. The summed E-state index contributed by atoms with van der Waals surface area (Å²) in [7, 11) is 0. The summed E-state index contributed by atoms with van der Waals surface area (Å²) < 4.78 is 1.25. The molecule has 0 atom stereocenters. The van der Waals surface area contributed by atoms with Crippen molar-refractivity contribution in [1.82, 2.24) is 4.98 Å². The Morgan fingerprint density at radius 2 is 2.14 bits per heavy atom.